The summed E-state index contributed by atoms with van der Waals surface area (Å²) >= 11 is 0. The average Bonchev–Trinajstić information content (AvgIpc) is 2.81. The van der Waals surface area contributed by atoms with Crippen LogP contribution in [0, 0.1) is 11.8 Å². The summed E-state index contributed by atoms with van der Waals surface area (Å²) in [6.45, 7) is 0. The van der Waals surface area contributed by atoms with Gasteiger partial charge in [0.15, 0.2) is 0 Å². The first-order chi connectivity index (χ1) is 9.22. The minimum absolute atomic E-state index is 0.132. The molecule has 3 nitrogen and oxygen atoms in total. The van der Waals surface area contributed by atoms with E-state index in [-0.39, 0.29) is 5.92 Å². The molecule has 1 heterocycles. The van der Waals surface area contributed by atoms with Gasteiger partial charge in [-0.15, -0.1) is 0 Å². The van der Waals surface area contributed by atoms with E-state index in [0.29, 0.717) is 5.92 Å². The Morgan fingerprint density at radius 2 is 1.95 bits per heavy atom. The van der Waals surface area contributed by atoms with Crippen molar-refractivity contribution in [2.75, 3.05) is 0 Å². The van der Waals surface area contributed by atoms with Gasteiger partial charge in [0.2, 0.25) is 0 Å². The molecule has 1 saturated carbocycles. The van der Waals surface area contributed by atoms with Crippen LogP contribution >= 0.6 is 0 Å². The van der Waals surface area contributed by atoms with Gasteiger partial charge >= 0.3 is 5.97 Å². The van der Waals surface area contributed by atoms with Crippen LogP contribution in [0.3, 0.4) is 0 Å². The van der Waals surface area contributed by atoms with Gasteiger partial charge < -0.3 is 9.52 Å². The van der Waals surface area contributed by atoms with Crippen LogP contribution < -0.4 is 0 Å². The highest BCUT2D eigenvalue weighted by molar-refractivity contribution is 5.77. The van der Waals surface area contributed by atoms with Crippen LogP contribution in [0.5, 0.6) is 0 Å². The predicted molar refractivity (Wildman–Crippen MR) is 73.0 cm³/mol. The molecule has 1 aliphatic rings. The van der Waals surface area contributed by atoms with E-state index in [1.54, 1.807) is 0 Å². The SMILES string of the molecule is O=C(O)C1CCC(Cc2cc3ccccc3o2)CC1. The monoisotopic (exact) mass is 258 g/mol. The molecule has 1 fully saturated rings. The Balaban J connectivity index is 1.64. The number of rotatable bonds is 3. The van der Waals surface area contributed by atoms with Crippen molar-refractivity contribution >= 4 is 16.9 Å². The zero-order valence-corrected chi connectivity index (χ0v) is 10.8. The lowest BCUT2D eigenvalue weighted by Gasteiger charge is -2.25. The molecule has 0 spiro atoms. The maximum Gasteiger partial charge on any atom is 0.306 e. The van der Waals surface area contributed by atoms with Crippen LogP contribution in [0.2, 0.25) is 0 Å². The van der Waals surface area contributed by atoms with E-state index in [2.05, 4.69) is 12.1 Å². The second kappa shape index (κ2) is 5.08. The Bertz CT molecular complexity index is 543. The highest BCUT2D eigenvalue weighted by atomic mass is 16.4. The van der Waals surface area contributed by atoms with Gasteiger partial charge in [-0.05, 0) is 43.7 Å². The van der Waals surface area contributed by atoms with Gasteiger partial charge in [-0.2, -0.15) is 0 Å². The van der Waals surface area contributed by atoms with Crippen molar-refractivity contribution in [1.29, 1.82) is 0 Å². The molecule has 0 atom stereocenters. The minimum atomic E-state index is -0.637. The molecule has 0 radical (unpaired) electrons. The molecule has 3 heteroatoms. The number of carboxylic acid groups (broad SMARTS) is 1. The third kappa shape index (κ3) is 2.65. The quantitative estimate of drug-likeness (QED) is 0.909. The number of aliphatic carboxylic acids is 1. The first kappa shape index (κ1) is 12.3. The van der Waals surface area contributed by atoms with Crippen molar-refractivity contribution in [3.63, 3.8) is 0 Å². The normalized spacial score (nSPS) is 23.6. The zero-order chi connectivity index (χ0) is 13.2. The van der Waals surface area contributed by atoms with Gasteiger partial charge in [-0.1, -0.05) is 18.2 Å². The highest BCUT2D eigenvalue weighted by Gasteiger charge is 2.26. The molecule has 1 aromatic heterocycles. The van der Waals surface area contributed by atoms with Crippen molar-refractivity contribution in [1.82, 2.24) is 0 Å². The van der Waals surface area contributed by atoms with Gasteiger partial charge in [-0.3, -0.25) is 4.79 Å². The van der Waals surface area contributed by atoms with Crippen molar-refractivity contribution in [2.45, 2.75) is 32.1 Å². The maximum atomic E-state index is 10.9. The minimum Gasteiger partial charge on any atom is -0.481 e. The number of carboxylic acids is 1. The molecule has 0 bridgehead atoms. The molecule has 1 aromatic carbocycles. The fraction of sp³-hybridized carbons (Fsp3) is 0.438. The van der Waals surface area contributed by atoms with E-state index in [1.165, 1.54) is 0 Å². The number of para-hydroxylation sites is 1. The van der Waals surface area contributed by atoms with Gasteiger partial charge in [0, 0.05) is 11.8 Å². The summed E-state index contributed by atoms with van der Waals surface area (Å²) in [7, 11) is 0. The Morgan fingerprint density at radius 3 is 2.63 bits per heavy atom. The molecule has 2 aromatic rings. The molecular weight excluding hydrogens is 240 g/mol. The number of hydrogen-bond donors (Lipinski definition) is 1. The van der Waals surface area contributed by atoms with Gasteiger partial charge in [-0.25, -0.2) is 0 Å². The largest absolute Gasteiger partial charge is 0.481 e. The van der Waals surface area contributed by atoms with Crippen molar-refractivity contribution < 1.29 is 14.3 Å². The summed E-state index contributed by atoms with van der Waals surface area (Å²) in [6, 6.07) is 10.1. The highest BCUT2D eigenvalue weighted by Crippen LogP contribution is 2.32. The predicted octanol–water partition coefficient (Wildman–Crippen LogP) is 3.87. The third-order valence-corrected chi connectivity index (χ3v) is 4.16. The Hall–Kier alpha value is -1.77. The first-order valence-corrected chi connectivity index (χ1v) is 6.92. The second-order valence-corrected chi connectivity index (χ2v) is 5.51. The smallest absolute Gasteiger partial charge is 0.306 e. The molecule has 19 heavy (non-hydrogen) atoms. The van der Waals surface area contributed by atoms with Crippen LogP contribution in [0.15, 0.2) is 34.7 Å². The lowest BCUT2D eigenvalue weighted by Crippen LogP contribution is -2.22. The molecule has 1 aliphatic carbocycles. The Kier molecular flexibility index (Phi) is 3.28. The summed E-state index contributed by atoms with van der Waals surface area (Å²) < 4.78 is 5.83. The third-order valence-electron chi connectivity index (χ3n) is 4.16. The number of furan rings is 1. The Labute approximate surface area is 112 Å². The molecule has 0 unspecified atom stereocenters. The van der Waals surface area contributed by atoms with Crippen LogP contribution in [0.1, 0.15) is 31.4 Å². The van der Waals surface area contributed by atoms with E-state index in [4.69, 9.17) is 9.52 Å². The maximum absolute atomic E-state index is 10.9. The first-order valence-electron chi connectivity index (χ1n) is 6.92. The zero-order valence-electron chi connectivity index (χ0n) is 10.8. The average molecular weight is 258 g/mol. The number of hydrogen-bond acceptors (Lipinski definition) is 2. The standard InChI is InChI=1S/C16H18O3/c17-16(18)12-7-5-11(6-8-12)9-14-10-13-3-1-2-4-15(13)19-14/h1-4,10-12H,5-9H2,(H,17,18). The number of carbonyl (C=O) groups is 1. The Morgan fingerprint density at radius 1 is 1.21 bits per heavy atom. The summed E-state index contributed by atoms with van der Waals surface area (Å²) in [5.41, 5.74) is 0.941. The lowest BCUT2D eigenvalue weighted by molar-refractivity contribution is -0.143. The van der Waals surface area contributed by atoms with Gasteiger partial charge in [0.1, 0.15) is 11.3 Å². The second-order valence-electron chi connectivity index (χ2n) is 5.51. The van der Waals surface area contributed by atoms with Gasteiger partial charge in [0.25, 0.3) is 0 Å². The van der Waals surface area contributed by atoms with E-state index in [0.717, 1.165) is 48.8 Å². The molecular formula is C16H18O3. The molecule has 3 rings (SSSR count). The van der Waals surface area contributed by atoms with Crippen molar-refractivity contribution in [3.8, 4) is 0 Å². The molecule has 0 amide bonds. The molecule has 100 valence electrons. The van der Waals surface area contributed by atoms with Gasteiger partial charge in [0.05, 0.1) is 5.92 Å². The molecule has 1 N–H and O–H groups in total. The molecule has 0 aliphatic heterocycles. The van der Waals surface area contributed by atoms with E-state index >= 15 is 0 Å². The number of benzene rings is 1. The van der Waals surface area contributed by atoms with E-state index < -0.39 is 5.97 Å². The van der Waals surface area contributed by atoms with E-state index in [9.17, 15) is 4.79 Å². The number of fused-ring (bicyclic) bond motifs is 1. The van der Waals surface area contributed by atoms with E-state index in [1.807, 2.05) is 18.2 Å². The van der Waals surface area contributed by atoms with Crippen LogP contribution in [-0.4, -0.2) is 11.1 Å². The molecule has 0 saturated heterocycles. The fourth-order valence-corrected chi connectivity index (χ4v) is 3.04. The lowest BCUT2D eigenvalue weighted by atomic mass is 9.80. The fourth-order valence-electron chi connectivity index (χ4n) is 3.04. The summed E-state index contributed by atoms with van der Waals surface area (Å²) in [5.74, 6) is 0.824. The van der Waals surface area contributed by atoms with Crippen molar-refractivity contribution in [2.24, 2.45) is 11.8 Å². The van der Waals surface area contributed by atoms with Crippen LogP contribution in [0.4, 0.5) is 0 Å². The van der Waals surface area contributed by atoms with Crippen LogP contribution in [0.25, 0.3) is 11.0 Å². The summed E-state index contributed by atoms with van der Waals surface area (Å²) in [5, 5.41) is 10.1. The summed E-state index contributed by atoms with van der Waals surface area (Å²) in [4.78, 5) is 10.9. The van der Waals surface area contributed by atoms with Crippen LogP contribution in [-0.2, 0) is 11.2 Å². The van der Waals surface area contributed by atoms with Crippen molar-refractivity contribution in [3.05, 3.63) is 36.1 Å². The topological polar surface area (TPSA) is 50.4 Å². The summed E-state index contributed by atoms with van der Waals surface area (Å²) in [6.07, 6.45) is 4.53.